The van der Waals surface area contributed by atoms with Crippen LogP contribution >= 0.6 is 0 Å². The summed E-state index contributed by atoms with van der Waals surface area (Å²) in [7, 11) is 1.84. The summed E-state index contributed by atoms with van der Waals surface area (Å²) in [5.41, 5.74) is 0. The van der Waals surface area contributed by atoms with E-state index in [1.165, 1.54) is 44.9 Å². The maximum Gasteiger partial charge on any atom is 0.0571 e. The Bertz CT molecular complexity index is 102. The fraction of sp³-hybridized carbons (Fsp3) is 1.00. The summed E-state index contributed by atoms with van der Waals surface area (Å²) in [6.07, 6.45) is 10.2. The summed E-state index contributed by atoms with van der Waals surface area (Å²) >= 11 is 0. The molecule has 1 aliphatic carbocycles. The van der Waals surface area contributed by atoms with Gasteiger partial charge in [-0.1, -0.05) is 39.0 Å². The van der Waals surface area contributed by atoms with Gasteiger partial charge in [-0.25, -0.2) is 0 Å². The van der Waals surface area contributed by atoms with E-state index in [0.717, 1.165) is 5.92 Å². The van der Waals surface area contributed by atoms with Crippen LogP contribution in [0.1, 0.15) is 51.9 Å². The maximum absolute atomic E-state index is 5.40. The number of rotatable bonds is 4. The number of hydrogen-bond acceptors (Lipinski definition) is 1. The minimum Gasteiger partial charge on any atom is -0.381 e. The van der Waals surface area contributed by atoms with Crippen LogP contribution in [0, 0.1) is 5.92 Å². The Morgan fingerprint density at radius 3 is 2.42 bits per heavy atom. The quantitative estimate of drug-likeness (QED) is 0.628. The maximum atomic E-state index is 5.40. The lowest BCUT2D eigenvalue weighted by Gasteiger charge is -2.25. The molecule has 0 N–H and O–H groups in total. The Balaban J connectivity index is 2.18. The van der Waals surface area contributed by atoms with Gasteiger partial charge < -0.3 is 4.74 Å². The molecular weight excluding hydrogens is 148 g/mol. The van der Waals surface area contributed by atoms with Gasteiger partial charge >= 0.3 is 0 Å². The fourth-order valence-corrected chi connectivity index (χ4v) is 2.22. The lowest BCUT2D eigenvalue weighted by atomic mass is 9.85. The third-order valence-electron chi connectivity index (χ3n) is 3.11. The molecule has 72 valence electrons. The molecule has 1 unspecified atom stereocenters. The van der Waals surface area contributed by atoms with Crippen molar-refractivity contribution in [2.24, 2.45) is 5.92 Å². The second-order valence-corrected chi connectivity index (χ2v) is 4.01. The molecule has 0 heterocycles. The molecule has 0 aromatic carbocycles. The number of hydrogen-bond donors (Lipinski definition) is 0. The zero-order valence-corrected chi connectivity index (χ0v) is 8.51. The first-order chi connectivity index (χ1) is 5.86. The second kappa shape index (κ2) is 5.58. The zero-order chi connectivity index (χ0) is 8.81. The van der Waals surface area contributed by atoms with Gasteiger partial charge in [-0.15, -0.1) is 0 Å². The van der Waals surface area contributed by atoms with Gasteiger partial charge in [-0.05, 0) is 18.8 Å². The Labute approximate surface area is 76.5 Å². The molecule has 1 atom stereocenters. The third-order valence-corrected chi connectivity index (χ3v) is 3.11. The Morgan fingerprint density at radius 1 is 1.25 bits per heavy atom. The van der Waals surface area contributed by atoms with Crippen LogP contribution in [0.2, 0.25) is 0 Å². The lowest BCUT2D eigenvalue weighted by Crippen LogP contribution is -2.17. The molecule has 0 aliphatic heterocycles. The van der Waals surface area contributed by atoms with E-state index in [1.807, 2.05) is 7.11 Å². The molecular formula is C11H22O. The van der Waals surface area contributed by atoms with Gasteiger partial charge in [-0.2, -0.15) is 0 Å². The topological polar surface area (TPSA) is 9.23 Å². The summed E-state index contributed by atoms with van der Waals surface area (Å²) in [6, 6.07) is 0. The fourth-order valence-electron chi connectivity index (χ4n) is 2.22. The standard InChI is InChI=1S/C11H22O/c1-3-11(12-2)9-10-7-5-4-6-8-10/h10-11H,3-9H2,1-2H3. The predicted molar refractivity (Wildman–Crippen MR) is 52.3 cm³/mol. The first-order valence-corrected chi connectivity index (χ1v) is 5.39. The highest BCUT2D eigenvalue weighted by Gasteiger charge is 2.17. The van der Waals surface area contributed by atoms with E-state index in [-0.39, 0.29) is 0 Å². The number of ether oxygens (including phenoxy) is 1. The van der Waals surface area contributed by atoms with Crippen molar-refractivity contribution >= 4 is 0 Å². The van der Waals surface area contributed by atoms with Gasteiger partial charge in [0.25, 0.3) is 0 Å². The minimum atomic E-state index is 0.521. The highest BCUT2D eigenvalue weighted by atomic mass is 16.5. The smallest absolute Gasteiger partial charge is 0.0571 e. The van der Waals surface area contributed by atoms with E-state index >= 15 is 0 Å². The minimum absolute atomic E-state index is 0.521. The molecule has 0 spiro atoms. The van der Waals surface area contributed by atoms with Crippen LogP contribution in [0.15, 0.2) is 0 Å². The normalized spacial score (nSPS) is 22.5. The molecule has 0 bridgehead atoms. The average Bonchev–Trinajstić information content (AvgIpc) is 2.16. The Morgan fingerprint density at radius 2 is 1.92 bits per heavy atom. The van der Waals surface area contributed by atoms with Crippen LogP contribution in [0.5, 0.6) is 0 Å². The summed E-state index contributed by atoms with van der Waals surface area (Å²) < 4.78 is 5.40. The van der Waals surface area contributed by atoms with Crippen molar-refractivity contribution in [2.45, 2.75) is 58.0 Å². The van der Waals surface area contributed by atoms with Crippen LogP contribution in [0.4, 0.5) is 0 Å². The molecule has 12 heavy (non-hydrogen) atoms. The molecule has 1 heteroatoms. The van der Waals surface area contributed by atoms with Crippen molar-refractivity contribution in [3.8, 4) is 0 Å². The van der Waals surface area contributed by atoms with Crippen LogP contribution < -0.4 is 0 Å². The second-order valence-electron chi connectivity index (χ2n) is 4.01. The van der Waals surface area contributed by atoms with Gasteiger partial charge in [0.1, 0.15) is 0 Å². The van der Waals surface area contributed by atoms with Gasteiger partial charge in [0.15, 0.2) is 0 Å². The van der Waals surface area contributed by atoms with Crippen molar-refractivity contribution in [2.75, 3.05) is 7.11 Å². The van der Waals surface area contributed by atoms with Crippen LogP contribution in [0.25, 0.3) is 0 Å². The molecule has 1 nitrogen and oxygen atoms in total. The molecule has 0 aromatic rings. The van der Waals surface area contributed by atoms with Crippen molar-refractivity contribution in [3.05, 3.63) is 0 Å². The average molecular weight is 170 g/mol. The third kappa shape index (κ3) is 3.14. The first-order valence-electron chi connectivity index (χ1n) is 5.39. The zero-order valence-electron chi connectivity index (χ0n) is 8.51. The largest absolute Gasteiger partial charge is 0.381 e. The first kappa shape index (κ1) is 10.0. The lowest BCUT2D eigenvalue weighted by molar-refractivity contribution is 0.0708. The van der Waals surface area contributed by atoms with Crippen LogP contribution in [0.3, 0.4) is 0 Å². The van der Waals surface area contributed by atoms with E-state index in [0.29, 0.717) is 6.10 Å². The summed E-state index contributed by atoms with van der Waals surface area (Å²) in [6.45, 7) is 2.22. The Hall–Kier alpha value is -0.0400. The predicted octanol–water partition coefficient (Wildman–Crippen LogP) is 3.38. The van der Waals surface area contributed by atoms with Crippen molar-refractivity contribution in [1.82, 2.24) is 0 Å². The molecule has 0 radical (unpaired) electrons. The van der Waals surface area contributed by atoms with E-state index in [2.05, 4.69) is 6.92 Å². The van der Waals surface area contributed by atoms with Crippen LogP contribution in [-0.2, 0) is 4.74 Å². The summed E-state index contributed by atoms with van der Waals surface area (Å²) in [4.78, 5) is 0. The van der Waals surface area contributed by atoms with Gasteiger partial charge in [0.2, 0.25) is 0 Å². The van der Waals surface area contributed by atoms with Crippen LogP contribution in [-0.4, -0.2) is 13.2 Å². The highest BCUT2D eigenvalue weighted by Crippen LogP contribution is 2.28. The van der Waals surface area contributed by atoms with E-state index in [4.69, 9.17) is 4.74 Å². The monoisotopic (exact) mass is 170 g/mol. The Kier molecular flexibility index (Phi) is 4.67. The molecule has 0 amide bonds. The molecule has 1 saturated carbocycles. The van der Waals surface area contributed by atoms with E-state index in [9.17, 15) is 0 Å². The van der Waals surface area contributed by atoms with Crippen molar-refractivity contribution < 1.29 is 4.74 Å². The van der Waals surface area contributed by atoms with Gasteiger partial charge in [0, 0.05) is 7.11 Å². The van der Waals surface area contributed by atoms with Crippen molar-refractivity contribution in [1.29, 1.82) is 0 Å². The SMILES string of the molecule is CCC(CC1CCCCC1)OC. The molecule has 1 rings (SSSR count). The van der Waals surface area contributed by atoms with Crippen molar-refractivity contribution in [3.63, 3.8) is 0 Å². The van der Waals surface area contributed by atoms with Gasteiger partial charge in [0.05, 0.1) is 6.10 Å². The molecule has 1 aliphatic rings. The summed E-state index contributed by atoms with van der Waals surface area (Å²) in [5.74, 6) is 0.962. The summed E-state index contributed by atoms with van der Waals surface area (Å²) in [5, 5.41) is 0. The highest BCUT2D eigenvalue weighted by molar-refractivity contribution is 4.69. The molecule has 0 saturated heterocycles. The van der Waals surface area contributed by atoms with E-state index < -0.39 is 0 Å². The number of methoxy groups -OCH3 is 1. The van der Waals surface area contributed by atoms with Gasteiger partial charge in [-0.3, -0.25) is 0 Å². The molecule has 0 aromatic heterocycles. The molecule has 1 fully saturated rings. The van der Waals surface area contributed by atoms with E-state index in [1.54, 1.807) is 0 Å².